The highest BCUT2D eigenvalue weighted by atomic mass is 15.1. The molecule has 0 spiro atoms. The molecule has 1 nitrogen and oxygen atoms in total. The monoisotopic (exact) mass is 215 g/mol. The SMILES string of the molecule is C=CN(/C=C\C)CCCc1ccc(C)cc1. The van der Waals surface area contributed by atoms with Crippen molar-refractivity contribution in [2.24, 2.45) is 0 Å². The number of nitrogens with zero attached hydrogens (tertiary/aromatic N) is 1. The van der Waals surface area contributed by atoms with Crippen LogP contribution in [0, 0.1) is 6.92 Å². The second-order valence-corrected chi connectivity index (χ2v) is 3.99. The van der Waals surface area contributed by atoms with Crippen molar-refractivity contribution in [3.63, 3.8) is 0 Å². The molecule has 0 atom stereocenters. The van der Waals surface area contributed by atoms with E-state index in [1.165, 1.54) is 11.1 Å². The van der Waals surface area contributed by atoms with E-state index in [0.717, 1.165) is 19.4 Å². The average Bonchev–Trinajstić information content (AvgIpc) is 2.30. The molecule has 0 bridgehead atoms. The van der Waals surface area contributed by atoms with Crippen LogP contribution in [0.25, 0.3) is 0 Å². The summed E-state index contributed by atoms with van der Waals surface area (Å²) >= 11 is 0. The molecule has 86 valence electrons. The Labute approximate surface area is 99.1 Å². The van der Waals surface area contributed by atoms with Crippen LogP contribution in [0.2, 0.25) is 0 Å². The van der Waals surface area contributed by atoms with E-state index in [1.54, 1.807) is 0 Å². The fraction of sp³-hybridized carbons (Fsp3) is 0.333. The first kappa shape index (κ1) is 12.6. The number of aryl methyl sites for hydroxylation is 2. The first-order valence-corrected chi connectivity index (χ1v) is 5.83. The van der Waals surface area contributed by atoms with Gasteiger partial charge in [0.2, 0.25) is 0 Å². The Morgan fingerprint density at radius 2 is 1.94 bits per heavy atom. The molecule has 1 aromatic carbocycles. The molecule has 0 N–H and O–H groups in total. The van der Waals surface area contributed by atoms with Crippen LogP contribution in [0.5, 0.6) is 0 Å². The van der Waals surface area contributed by atoms with Crippen LogP contribution < -0.4 is 0 Å². The molecule has 0 aromatic heterocycles. The zero-order chi connectivity index (χ0) is 11.8. The van der Waals surface area contributed by atoms with E-state index < -0.39 is 0 Å². The van der Waals surface area contributed by atoms with Crippen molar-refractivity contribution in [3.8, 4) is 0 Å². The minimum absolute atomic E-state index is 1.03. The van der Waals surface area contributed by atoms with Crippen LogP contribution in [-0.4, -0.2) is 11.4 Å². The molecule has 1 heteroatoms. The van der Waals surface area contributed by atoms with Crippen molar-refractivity contribution in [2.45, 2.75) is 26.7 Å². The van der Waals surface area contributed by atoms with Crippen LogP contribution in [-0.2, 0) is 6.42 Å². The molecule has 0 fully saturated rings. The lowest BCUT2D eigenvalue weighted by Crippen LogP contribution is -2.11. The molecular weight excluding hydrogens is 194 g/mol. The first-order chi connectivity index (χ1) is 7.76. The zero-order valence-corrected chi connectivity index (χ0v) is 10.3. The van der Waals surface area contributed by atoms with Crippen LogP contribution in [0.4, 0.5) is 0 Å². The molecule has 0 aliphatic heterocycles. The van der Waals surface area contributed by atoms with E-state index in [-0.39, 0.29) is 0 Å². The molecule has 0 heterocycles. The van der Waals surface area contributed by atoms with E-state index in [9.17, 15) is 0 Å². The Balaban J connectivity index is 2.34. The highest BCUT2D eigenvalue weighted by molar-refractivity contribution is 5.21. The highest BCUT2D eigenvalue weighted by Gasteiger charge is 1.95. The Morgan fingerprint density at radius 3 is 2.50 bits per heavy atom. The quantitative estimate of drug-likeness (QED) is 0.695. The predicted molar refractivity (Wildman–Crippen MR) is 71.2 cm³/mol. The first-order valence-electron chi connectivity index (χ1n) is 5.83. The summed E-state index contributed by atoms with van der Waals surface area (Å²) in [5.41, 5.74) is 2.74. The van der Waals surface area contributed by atoms with Gasteiger partial charge in [0.05, 0.1) is 0 Å². The van der Waals surface area contributed by atoms with Gasteiger partial charge in [0.15, 0.2) is 0 Å². The fourth-order valence-corrected chi connectivity index (χ4v) is 1.64. The van der Waals surface area contributed by atoms with Gasteiger partial charge in [-0.25, -0.2) is 0 Å². The van der Waals surface area contributed by atoms with Crippen LogP contribution >= 0.6 is 0 Å². The lowest BCUT2D eigenvalue weighted by Gasteiger charge is -2.14. The summed E-state index contributed by atoms with van der Waals surface area (Å²) in [5.74, 6) is 0. The summed E-state index contributed by atoms with van der Waals surface area (Å²) in [5, 5.41) is 0. The minimum atomic E-state index is 1.03. The van der Waals surface area contributed by atoms with Crippen molar-refractivity contribution in [3.05, 3.63) is 60.4 Å². The van der Waals surface area contributed by atoms with E-state index in [1.807, 2.05) is 19.2 Å². The zero-order valence-electron chi connectivity index (χ0n) is 10.3. The maximum atomic E-state index is 3.79. The maximum absolute atomic E-state index is 3.79. The summed E-state index contributed by atoms with van der Waals surface area (Å²) < 4.78 is 0. The van der Waals surface area contributed by atoms with E-state index >= 15 is 0 Å². The predicted octanol–water partition coefficient (Wildman–Crippen LogP) is 3.91. The lowest BCUT2D eigenvalue weighted by atomic mass is 10.1. The van der Waals surface area contributed by atoms with Gasteiger partial charge in [-0.2, -0.15) is 0 Å². The van der Waals surface area contributed by atoms with Crippen molar-refractivity contribution in [1.82, 2.24) is 4.90 Å². The summed E-state index contributed by atoms with van der Waals surface area (Å²) in [6, 6.07) is 8.77. The molecule has 0 saturated heterocycles. The van der Waals surface area contributed by atoms with Gasteiger partial charge in [-0.05, 0) is 44.7 Å². The number of hydrogen-bond acceptors (Lipinski definition) is 1. The van der Waals surface area contributed by atoms with Gasteiger partial charge in [-0.15, -0.1) is 0 Å². The third-order valence-electron chi connectivity index (χ3n) is 2.58. The van der Waals surface area contributed by atoms with Gasteiger partial charge in [0.25, 0.3) is 0 Å². The van der Waals surface area contributed by atoms with Crippen LogP contribution in [0.15, 0.2) is 49.3 Å². The Morgan fingerprint density at radius 1 is 1.25 bits per heavy atom. The normalized spacial score (nSPS) is 10.6. The number of rotatable bonds is 6. The van der Waals surface area contributed by atoms with Gasteiger partial charge in [-0.1, -0.05) is 42.5 Å². The largest absolute Gasteiger partial charge is 0.355 e. The van der Waals surface area contributed by atoms with Gasteiger partial charge < -0.3 is 4.90 Å². The molecule has 16 heavy (non-hydrogen) atoms. The summed E-state index contributed by atoms with van der Waals surface area (Å²) in [6.45, 7) is 8.97. The van der Waals surface area contributed by atoms with Gasteiger partial charge in [-0.3, -0.25) is 0 Å². The molecule has 0 amide bonds. The molecular formula is C15H21N. The fourth-order valence-electron chi connectivity index (χ4n) is 1.64. The lowest BCUT2D eigenvalue weighted by molar-refractivity contribution is 0.489. The number of benzene rings is 1. The van der Waals surface area contributed by atoms with Crippen molar-refractivity contribution in [2.75, 3.05) is 6.54 Å². The van der Waals surface area contributed by atoms with Crippen molar-refractivity contribution >= 4 is 0 Å². The number of allylic oxidation sites excluding steroid dienone is 1. The third-order valence-corrected chi connectivity index (χ3v) is 2.58. The Hall–Kier alpha value is -1.50. The summed E-state index contributed by atoms with van der Waals surface area (Å²) in [4.78, 5) is 2.12. The molecule has 0 radical (unpaired) electrons. The topological polar surface area (TPSA) is 3.24 Å². The highest BCUT2D eigenvalue weighted by Crippen LogP contribution is 2.06. The Kier molecular flexibility index (Phi) is 5.41. The standard InChI is InChI=1S/C15H21N/c1-4-12-16(5-2)13-6-7-15-10-8-14(3)9-11-15/h4-5,8-12H,2,6-7,13H2,1,3H3/b12-4-. The van der Waals surface area contributed by atoms with Crippen molar-refractivity contribution in [1.29, 1.82) is 0 Å². The van der Waals surface area contributed by atoms with Gasteiger partial charge in [0, 0.05) is 6.54 Å². The molecule has 1 aromatic rings. The number of hydrogen-bond donors (Lipinski definition) is 0. The second-order valence-electron chi connectivity index (χ2n) is 3.99. The van der Waals surface area contributed by atoms with E-state index in [2.05, 4.69) is 48.9 Å². The maximum Gasteiger partial charge on any atom is 0.0222 e. The van der Waals surface area contributed by atoms with Crippen molar-refractivity contribution < 1.29 is 0 Å². The molecule has 0 saturated carbocycles. The van der Waals surface area contributed by atoms with Gasteiger partial charge in [0.1, 0.15) is 0 Å². The van der Waals surface area contributed by atoms with Gasteiger partial charge >= 0.3 is 0 Å². The summed E-state index contributed by atoms with van der Waals surface area (Å²) in [7, 11) is 0. The Bertz CT molecular complexity index is 335. The van der Waals surface area contributed by atoms with E-state index in [0.29, 0.717) is 0 Å². The van der Waals surface area contributed by atoms with Crippen LogP contribution in [0.3, 0.4) is 0 Å². The third kappa shape index (κ3) is 4.35. The minimum Gasteiger partial charge on any atom is -0.355 e. The van der Waals surface area contributed by atoms with Crippen LogP contribution in [0.1, 0.15) is 24.5 Å². The smallest absolute Gasteiger partial charge is 0.0222 e. The second kappa shape index (κ2) is 6.89. The molecule has 1 rings (SSSR count). The van der Waals surface area contributed by atoms with E-state index in [4.69, 9.17) is 0 Å². The molecule has 0 aliphatic rings. The molecule has 0 unspecified atom stereocenters. The molecule has 0 aliphatic carbocycles. The summed E-state index contributed by atoms with van der Waals surface area (Å²) in [6.07, 6.45) is 8.24. The average molecular weight is 215 g/mol.